The smallest absolute Gasteiger partial charge is 0.440 e. The monoisotopic (exact) mass is 679 g/mol. The number of alkyl halides is 3. The Kier molecular flexibility index (Phi) is 8.53. The van der Waals surface area contributed by atoms with Crippen molar-refractivity contribution in [2.24, 2.45) is 0 Å². The Balaban J connectivity index is 1.75. The number of halogens is 5. The molecule has 0 atom stereocenters. The lowest BCUT2D eigenvalue weighted by molar-refractivity contribution is -0.274. The van der Waals surface area contributed by atoms with E-state index in [-0.39, 0.29) is 44.1 Å². The Morgan fingerprint density at radius 1 is 1.02 bits per heavy atom. The van der Waals surface area contributed by atoms with E-state index in [0.717, 1.165) is 24.5 Å². The third-order valence-corrected chi connectivity index (χ3v) is 8.32. The number of rotatable bonds is 8. The van der Waals surface area contributed by atoms with Crippen LogP contribution in [0.1, 0.15) is 31.0 Å². The van der Waals surface area contributed by atoms with Gasteiger partial charge in [-0.15, -0.1) is 13.2 Å². The molecule has 0 bridgehead atoms. The van der Waals surface area contributed by atoms with Crippen LogP contribution in [0.3, 0.4) is 0 Å². The second kappa shape index (κ2) is 11.8. The van der Waals surface area contributed by atoms with Gasteiger partial charge in [-0.1, -0.05) is 17.7 Å². The molecule has 46 heavy (non-hydrogen) atoms. The number of aliphatic hydroxyl groups excluding tert-OH is 1. The summed E-state index contributed by atoms with van der Waals surface area (Å²) in [4.78, 5) is 4.06. The van der Waals surface area contributed by atoms with Gasteiger partial charge >= 0.3 is 6.36 Å². The SMILES string of the molecule is Cc1nc(-c2ccc(OC(F)(F)F)cc2)c(-c2cc(-c3cc(F)c(CO)c(S(C)(=O)=O)c3)ccc2-n2cc(Cl)c(C(C)(C)O)n2)o1. The summed E-state index contributed by atoms with van der Waals surface area (Å²) in [5, 5.41) is 24.8. The van der Waals surface area contributed by atoms with Gasteiger partial charge in [0.15, 0.2) is 21.5 Å². The van der Waals surface area contributed by atoms with Gasteiger partial charge in [0.2, 0.25) is 0 Å². The Morgan fingerprint density at radius 2 is 1.67 bits per heavy atom. The van der Waals surface area contributed by atoms with Gasteiger partial charge in [-0.3, -0.25) is 0 Å². The molecule has 0 fully saturated rings. The highest BCUT2D eigenvalue weighted by Gasteiger charge is 2.31. The molecule has 0 saturated heterocycles. The lowest BCUT2D eigenvalue weighted by atomic mass is 9.97. The fourth-order valence-corrected chi connectivity index (χ4v) is 6.18. The molecule has 0 saturated carbocycles. The van der Waals surface area contributed by atoms with Crippen molar-refractivity contribution in [2.75, 3.05) is 6.26 Å². The van der Waals surface area contributed by atoms with Gasteiger partial charge in [-0.2, -0.15) is 5.10 Å². The van der Waals surface area contributed by atoms with Crippen LogP contribution in [-0.2, 0) is 22.0 Å². The van der Waals surface area contributed by atoms with E-state index in [4.69, 9.17) is 16.0 Å². The highest BCUT2D eigenvalue weighted by atomic mass is 35.5. The summed E-state index contributed by atoms with van der Waals surface area (Å²) >= 11 is 6.41. The molecule has 3 aromatic carbocycles. The van der Waals surface area contributed by atoms with E-state index in [1.165, 1.54) is 42.9 Å². The van der Waals surface area contributed by atoms with Crippen LogP contribution < -0.4 is 4.74 Å². The van der Waals surface area contributed by atoms with Crippen molar-refractivity contribution < 1.29 is 45.3 Å². The molecule has 0 aliphatic heterocycles. The second-order valence-corrected chi connectivity index (χ2v) is 13.3. The lowest BCUT2D eigenvalue weighted by Gasteiger charge is -2.15. The third kappa shape index (κ3) is 6.79. The molecule has 2 aromatic heterocycles. The Morgan fingerprint density at radius 3 is 2.24 bits per heavy atom. The summed E-state index contributed by atoms with van der Waals surface area (Å²) in [6.45, 7) is 3.74. The van der Waals surface area contributed by atoms with Crippen molar-refractivity contribution in [1.29, 1.82) is 0 Å². The van der Waals surface area contributed by atoms with Crippen LogP contribution in [0.2, 0.25) is 5.02 Å². The zero-order valence-electron chi connectivity index (χ0n) is 24.6. The number of aliphatic hydroxyl groups is 2. The molecule has 0 unspecified atom stereocenters. The molecule has 2 N–H and O–H groups in total. The van der Waals surface area contributed by atoms with Crippen molar-refractivity contribution in [3.05, 3.63) is 88.8 Å². The van der Waals surface area contributed by atoms with Crippen molar-refractivity contribution in [3.8, 4) is 45.1 Å². The minimum Gasteiger partial charge on any atom is -0.440 e. The predicted octanol–water partition coefficient (Wildman–Crippen LogP) is 6.98. The fourth-order valence-electron chi connectivity index (χ4n) is 4.87. The van der Waals surface area contributed by atoms with Crippen molar-refractivity contribution in [1.82, 2.24) is 14.8 Å². The van der Waals surface area contributed by atoms with E-state index in [9.17, 15) is 31.8 Å². The Labute approximate surface area is 265 Å². The average molecular weight is 680 g/mol. The number of aryl methyl sites for hydroxylation is 1. The van der Waals surface area contributed by atoms with Gasteiger partial charge in [0.05, 0.1) is 22.2 Å². The van der Waals surface area contributed by atoms with Gasteiger partial charge in [0.1, 0.15) is 28.6 Å². The Hall–Kier alpha value is -4.24. The molecule has 15 heteroatoms. The first-order chi connectivity index (χ1) is 21.4. The van der Waals surface area contributed by atoms with E-state index >= 15 is 4.39 Å². The van der Waals surface area contributed by atoms with Crippen molar-refractivity contribution >= 4 is 21.4 Å². The normalized spacial score (nSPS) is 12.5. The summed E-state index contributed by atoms with van der Waals surface area (Å²) in [5.74, 6) is -1.03. The highest BCUT2D eigenvalue weighted by Crippen LogP contribution is 2.40. The zero-order valence-corrected chi connectivity index (χ0v) is 26.2. The number of nitrogens with zero attached hydrogens (tertiary/aromatic N) is 3. The van der Waals surface area contributed by atoms with Crippen LogP contribution in [0, 0.1) is 12.7 Å². The van der Waals surface area contributed by atoms with E-state index in [1.54, 1.807) is 25.1 Å². The van der Waals surface area contributed by atoms with Gasteiger partial charge in [0.25, 0.3) is 0 Å². The fraction of sp³-hybridized carbons (Fsp3) is 0.226. The number of aromatic nitrogens is 3. The number of oxazole rings is 1. The largest absolute Gasteiger partial charge is 0.573 e. The second-order valence-electron chi connectivity index (χ2n) is 10.9. The molecule has 0 spiro atoms. The third-order valence-electron chi connectivity index (χ3n) is 6.88. The number of sulfone groups is 1. The van der Waals surface area contributed by atoms with Crippen molar-refractivity contribution in [2.45, 2.75) is 44.2 Å². The number of benzene rings is 3. The standard InChI is InChI=1S/C31H26ClF4N3O6S/c1-16-37-27(17-5-8-20(9-6-17)45-31(34,35)36)28(44-16)21-11-18(19-12-24(33)22(15-40)26(13-19)46(4,42)43)7-10-25(21)39-14-23(32)29(38-39)30(2,3)41/h5-14,40-41H,15H2,1-4H3. The molecule has 9 nitrogen and oxygen atoms in total. The van der Waals surface area contributed by atoms with E-state index in [1.807, 2.05) is 0 Å². The van der Waals surface area contributed by atoms with Crippen LogP contribution in [0.5, 0.6) is 5.75 Å². The topological polar surface area (TPSA) is 128 Å². The minimum atomic E-state index is -4.88. The number of hydrogen-bond donors (Lipinski definition) is 2. The van der Waals surface area contributed by atoms with Gasteiger partial charge in [0, 0.05) is 36.1 Å². The molecular formula is C31H26ClF4N3O6S. The Bertz CT molecular complexity index is 2050. The predicted molar refractivity (Wildman–Crippen MR) is 161 cm³/mol. The molecule has 2 heterocycles. The average Bonchev–Trinajstić information content (AvgIpc) is 3.54. The summed E-state index contributed by atoms with van der Waals surface area (Å²) in [7, 11) is -3.94. The van der Waals surface area contributed by atoms with Crippen LogP contribution in [0.4, 0.5) is 17.6 Å². The molecule has 0 amide bonds. The lowest BCUT2D eigenvalue weighted by Crippen LogP contribution is -2.17. The van der Waals surface area contributed by atoms with E-state index < -0.39 is 40.0 Å². The van der Waals surface area contributed by atoms with Gasteiger partial charge in [-0.05, 0) is 73.5 Å². The molecule has 0 radical (unpaired) electrons. The van der Waals surface area contributed by atoms with Crippen LogP contribution in [0.15, 0.2) is 70.1 Å². The summed E-state index contributed by atoms with van der Waals surface area (Å²) in [5.41, 5.74) is 0.124. The maximum Gasteiger partial charge on any atom is 0.573 e. The highest BCUT2D eigenvalue weighted by molar-refractivity contribution is 7.90. The summed E-state index contributed by atoms with van der Waals surface area (Å²) in [6, 6.07) is 12.0. The van der Waals surface area contributed by atoms with E-state index in [2.05, 4.69) is 14.8 Å². The molecule has 242 valence electrons. The van der Waals surface area contributed by atoms with Crippen LogP contribution >= 0.6 is 11.6 Å². The summed E-state index contributed by atoms with van der Waals surface area (Å²) in [6.07, 6.45) is -2.53. The zero-order chi connectivity index (χ0) is 33.8. The first-order valence-corrected chi connectivity index (χ1v) is 15.7. The van der Waals surface area contributed by atoms with Crippen molar-refractivity contribution in [3.63, 3.8) is 0 Å². The van der Waals surface area contributed by atoms with Gasteiger partial charge < -0.3 is 19.4 Å². The first kappa shape index (κ1) is 33.1. The summed E-state index contributed by atoms with van der Waals surface area (Å²) < 4.78 is 89.7. The van der Waals surface area contributed by atoms with Crippen LogP contribution in [-0.4, -0.2) is 46.0 Å². The molecule has 5 aromatic rings. The maximum absolute atomic E-state index is 15.1. The maximum atomic E-state index is 15.1. The first-order valence-electron chi connectivity index (χ1n) is 13.5. The molecule has 0 aliphatic carbocycles. The minimum absolute atomic E-state index is 0.144. The quantitative estimate of drug-likeness (QED) is 0.168. The van der Waals surface area contributed by atoms with E-state index in [0.29, 0.717) is 22.4 Å². The van der Waals surface area contributed by atoms with Crippen LogP contribution in [0.25, 0.3) is 39.4 Å². The molecule has 0 aliphatic rings. The number of hydrogen-bond acceptors (Lipinski definition) is 8. The number of ether oxygens (including phenoxy) is 1. The van der Waals surface area contributed by atoms with Gasteiger partial charge in [-0.25, -0.2) is 22.5 Å². The molecule has 5 rings (SSSR count). The molecular weight excluding hydrogens is 654 g/mol.